The van der Waals surface area contributed by atoms with E-state index in [9.17, 15) is 9.18 Å². The monoisotopic (exact) mass is 433 g/mol. The summed E-state index contributed by atoms with van der Waals surface area (Å²) in [6.07, 6.45) is 4.42. The quantitative estimate of drug-likeness (QED) is 0.497. The van der Waals surface area contributed by atoms with E-state index in [1.54, 1.807) is 53.2 Å². The Morgan fingerprint density at radius 2 is 2.09 bits per heavy atom. The summed E-state index contributed by atoms with van der Waals surface area (Å²) in [5, 5.41) is 11.7. The molecule has 0 spiro atoms. The molecule has 3 aromatic heterocycles. The number of nitrogens with one attached hydrogen (secondary N) is 1. The molecule has 162 valence electrons. The molecular formula is C22H20FN7O2. The Labute approximate surface area is 182 Å². The Morgan fingerprint density at radius 1 is 1.22 bits per heavy atom. The summed E-state index contributed by atoms with van der Waals surface area (Å²) in [6, 6.07) is 10.0. The molecule has 1 amide bonds. The van der Waals surface area contributed by atoms with Gasteiger partial charge in [0.1, 0.15) is 29.2 Å². The number of carbonyl (C=O) groups is 1. The summed E-state index contributed by atoms with van der Waals surface area (Å²) < 4.78 is 20.9. The number of rotatable bonds is 6. The molecule has 1 fully saturated rings. The van der Waals surface area contributed by atoms with E-state index in [1.807, 2.05) is 0 Å². The molecule has 0 radical (unpaired) electrons. The smallest absolute Gasteiger partial charge is 0.227 e. The maximum absolute atomic E-state index is 14.3. The molecule has 0 atom stereocenters. The minimum absolute atomic E-state index is 0.0559. The first kappa shape index (κ1) is 19.9. The van der Waals surface area contributed by atoms with Crippen LogP contribution in [-0.2, 0) is 11.3 Å². The van der Waals surface area contributed by atoms with Gasteiger partial charge in [-0.15, -0.1) is 0 Å². The minimum atomic E-state index is -0.316. The van der Waals surface area contributed by atoms with Crippen molar-refractivity contribution in [2.75, 3.05) is 23.8 Å². The molecule has 0 saturated carbocycles. The average Bonchev–Trinajstić information content (AvgIpc) is 3.56. The number of carbonyl (C=O) groups excluding carboxylic acids is 1. The van der Waals surface area contributed by atoms with Crippen molar-refractivity contribution in [3.05, 3.63) is 60.2 Å². The number of amides is 1. The molecule has 1 aromatic carbocycles. The molecule has 0 aliphatic carbocycles. The Morgan fingerprint density at radius 3 is 2.81 bits per heavy atom. The fourth-order valence-electron chi connectivity index (χ4n) is 3.77. The van der Waals surface area contributed by atoms with Crippen LogP contribution in [0, 0.1) is 5.82 Å². The van der Waals surface area contributed by atoms with E-state index in [1.165, 1.54) is 12.3 Å². The molecule has 9 nitrogen and oxygen atoms in total. The van der Waals surface area contributed by atoms with Crippen LogP contribution in [0.15, 0.2) is 53.4 Å². The largest absolute Gasteiger partial charge is 0.371 e. The van der Waals surface area contributed by atoms with Crippen molar-refractivity contribution >= 4 is 17.4 Å². The van der Waals surface area contributed by atoms with Crippen LogP contribution in [0.4, 0.5) is 15.9 Å². The van der Waals surface area contributed by atoms with Crippen molar-refractivity contribution in [3.63, 3.8) is 0 Å². The van der Waals surface area contributed by atoms with Gasteiger partial charge in [-0.2, -0.15) is 5.10 Å². The second-order valence-electron chi connectivity index (χ2n) is 7.37. The van der Waals surface area contributed by atoms with E-state index in [0.717, 1.165) is 6.42 Å². The van der Waals surface area contributed by atoms with E-state index in [2.05, 4.69) is 25.5 Å². The van der Waals surface area contributed by atoms with Crippen molar-refractivity contribution in [1.29, 1.82) is 0 Å². The van der Waals surface area contributed by atoms with Gasteiger partial charge in [0.25, 0.3) is 0 Å². The summed E-state index contributed by atoms with van der Waals surface area (Å²) in [7, 11) is 1.74. The first-order chi connectivity index (χ1) is 15.6. The van der Waals surface area contributed by atoms with E-state index >= 15 is 0 Å². The maximum Gasteiger partial charge on any atom is 0.227 e. The highest BCUT2D eigenvalue weighted by atomic mass is 19.1. The zero-order valence-electron chi connectivity index (χ0n) is 17.3. The second kappa shape index (κ2) is 8.22. The molecule has 1 aliphatic rings. The normalized spacial score (nSPS) is 13.7. The van der Waals surface area contributed by atoms with Crippen molar-refractivity contribution in [2.24, 2.45) is 0 Å². The highest BCUT2D eigenvalue weighted by Crippen LogP contribution is 2.30. The lowest BCUT2D eigenvalue weighted by Gasteiger charge is -2.18. The third kappa shape index (κ3) is 3.59. The Bertz CT molecular complexity index is 1270. The van der Waals surface area contributed by atoms with Crippen molar-refractivity contribution in [2.45, 2.75) is 19.4 Å². The molecule has 32 heavy (non-hydrogen) atoms. The SMILES string of the molecule is CNc1nc(-c2cc(-c3ccon3)n(Cc3ccccc3F)n2)ncc1N1CCCC1=O. The molecule has 4 heterocycles. The van der Waals surface area contributed by atoms with Gasteiger partial charge in [0, 0.05) is 31.6 Å². The molecule has 5 rings (SSSR count). The Balaban J connectivity index is 1.55. The number of nitrogens with zero attached hydrogens (tertiary/aromatic N) is 6. The van der Waals surface area contributed by atoms with Gasteiger partial charge in [-0.1, -0.05) is 23.4 Å². The first-order valence-electron chi connectivity index (χ1n) is 10.2. The maximum atomic E-state index is 14.3. The highest BCUT2D eigenvalue weighted by molar-refractivity contribution is 5.97. The minimum Gasteiger partial charge on any atom is -0.371 e. The molecule has 10 heteroatoms. The zero-order chi connectivity index (χ0) is 22.1. The van der Waals surface area contributed by atoms with Crippen molar-refractivity contribution < 1.29 is 13.7 Å². The summed E-state index contributed by atoms with van der Waals surface area (Å²) in [4.78, 5) is 22.9. The van der Waals surface area contributed by atoms with Gasteiger partial charge in [-0.05, 0) is 18.6 Å². The van der Waals surface area contributed by atoms with Crippen LogP contribution in [0.2, 0.25) is 0 Å². The summed E-state index contributed by atoms with van der Waals surface area (Å²) in [5.74, 6) is 0.656. The molecule has 0 unspecified atom stereocenters. The summed E-state index contributed by atoms with van der Waals surface area (Å²) >= 11 is 0. The van der Waals surface area contributed by atoms with E-state index < -0.39 is 0 Å². The van der Waals surface area contributed by atoms with Gasteiger partial charge in [-0.3, -0.25) is 9.48 Å². The number of anilines is 2. The highest BCUT2D eigenvalue weighted by Gasteiger charge is 2.26. The number of benzene rings is 1. The van der Waals surface area contributed by atoms with E-state index in [0.29, 0.717) is 52.9 Å². The van der Waals surface area contributed by atoms with E-state index in [4.69, 9.17) is 4.52 Å². The number of halogens is 1. The number of aromatic nitrogens is 5. The van der Waals surface area contributed by atoms with Gasteiger partial charge in [0.15, 0.2) is 11.6 Å². The molecule has 1 aliphatic heterocycles. The van der Waals surface area contributed by atoms with Crippen LogP contribution in [-0.4, -0.2) is 44.4 Å². The number of hydrogen-bond donors (Lipinski definition) is 1. The van der Waals surface area contributed by atoms with Gasteiger partial charge in [-0.25, -0.2) is 14.4 Å². The first-order valence-corrected chi connectivity index (χ1v) is 10.2. The van der Waals surface area contributed by atoms with E-state index in [-0.39, 0.29) is 18.3 Å². The standard InChI is InChI=1S/C22H20FN7O2/c1-24-22-19(29-9-4-7-20(29)31)12-25-21(26-22)17-11-18(16-8-10-32-28-16)30(27-17)13-14-5-2-3-6-15(14)23/h2-3,5-6,8,10-12H,4,7,9,13H2,1H3,(H,24,25,26). The summed E-state index contributed by atoms with van der Waals surface area (Å²) in [6.45, 7) is 0.845. The molecule has 1 N–H and O–H groups in total. The van der Waals surface area contributed by atoms with Gasteiger partial charge < -0.3 is 14.7 Å². The predicted molar refractivity (Wildman–Crippen MR) is 115 cm³/mol. The van der Waals surface area contributed by atoms with Crippen LogP contribution < -0.4 is 10.2 Å². The second-order valence-corrected chi connectivity index (χ2v) is 7.37. The molecular weight excluding hydrogens is 413 g/mol. The zero-order valence-corrected chi connectivity index (χ0v) is 17.3. The fraction of sp³-hybridized carbons (Fsp3) is 0.227. The fourth-order valence-corrected chi connectivity index (χ4v) is 3.77. The van der Waals surface area contributed by atoms with Crippen molar-refractivity contribution in [3.8, 4) is 22.9 Å². The third-order valence-electron chi connectivity index (χ3n) is 5.36. The van der Waals surface area contributed by atoms with Crippen LogP contribution in [0.5, 0.6) is 0 Å². The van der Waals surface area contributed by atoms with Crippen molar-refractivity contribution in [1.82, 2.24) is 24.9 Å². The lowest BCUT2D eigenvalue weighted by molar-refractivity contribution is -0.117. The van der Waals surface area contributed by atoms with Crippen LogP contribution in [0.3, 0.4) is 0 Å². The van der Waals surface area contributed by atoms with Gasteiger partial charge in [0.05, 0.1) is 18.4 Å². The predicted octanol–water partition coefficient (Wildman–Crippen LogP) is 3.35. The third-order valence-corrected chi connectivity index (χ3v) is 5.36. The lowest BCUT2D eigenvalue weighted by atomic mass is 10.2. The molecule has 0 bridgehead atoms. The van der Waals surface area contributed by atoms with Crippen LogP contribution in [0.1, 0.15) is 18.4 Å². The Hall–Kier alpha value is -4.08. The average molecular weight is 433 g/mol. The summed E-state index contributed by atoms with van der Waals surface area (Å²) in [5.41, 5.74) is 2.83. The van der Waals surface area contributed by atoms with Gasteiger partial charge in [0.2, 0.25) is 5.91 Å². The molecule has 4 aromatic rings. The Kier molecular flexibility index (Phi) is 5.10. The lowest BCUT2D eigenvalue weighted by Crippen LogP contribution is -2.25. The number of hydrogen-bond acceptors (Lipinski definition) is 7. The van der Waals surface area contributed by atoms with Gasteiger partial charge >= 0.3 is 0 Å². The van der Waals surface area contributed by atoms with Crippen LogP contribution in [0.25, 0.3) is 22.9 Å². The van der Waals surface area contributed by atoms with Crippen LogP contribution >= 0.6 is 0 Å². The topological polar surface area (TPSA) is 102 Å². The molecule has 1 saturated heterocycles.